The summed E-state index contributed by atoms with van der Waals surface area (Å²) in [6.45, 7) is 12.6. The van der Waals surface area contributed by atoms with Gasteiger partial charge in [0.05, 0.1) is 50.3 Å². The lowest BCUT2D eigenvalue weighted by Crippen LogP contribution is -2.66. The molecule has 14 N–H and O–H groups in total. The minimum absolute atomic E-state index is 0.00153. The first-order valence-electron chi connectivity index (χ1n) is 30.5. The Labute approximate surface area is 489 Å². The van der Waals surface area contributed by atoms with E-state index in [1.807, 2.05) is 6.92 Å². The van der Waals surface area contributed by atoms with Gasteiger partial charge in [-0.15, -0.1) is 0 Å². The van der Waals surface area contributed by atoms with Crippen LogP contribution in [0.1, 0.15) is 106 Å². The predicted octanol–water partition coefficient (Wildman–Crippen LogP) is -2.47. The van der Waals surface area contributed by atoms with Gasteiger partial charge in [-0.25, -0.2) is 0 Å². The highest BCUT2D eigenvalue weighted by Gasteiger charge is 2.68. The van der Waals surface area contributed by atoms with Crippen molar-refractivity contribution in [2.45, 2.75) is 278 Å². The Kier molecular flexibility index (Phi) is 20.1. The van der Waals surface area contributed by atoms with E-state index >= 15 is 0 Å². The molecule has 26 nitrogen and oxygen atoms in total. The van der Waals surface area contributed by atoms with Gasteiger partial charge in [-0.05, 0) is 113 Å². The molecule has 0 radical (unpaired) electrons. The molecule has 6 heterocycles. The van der Waals surface area contributed by atoms with Crippen molar-refractivity contribution in [1.29, 1.82) is 0 Å². The van der Waals surface area contributed by atoms with Gasteiger partial charge in [0.2, 0.25) is 0 Å². The quantitative estimate of drug-likeness (QED) is 0.0671. The van der Waals surface area contributed by atoms with E-state index < -0.39 is 179 Å². The third kappa shape index (κ3) is 11.9. The van der Waals surface area contributed by atoms with Gasteiger partial charge in [0.15, 0.2) is 37.2 Å². The van der Waals surface area contributed by atoms with Crippen LogP contribution in [0, 0.1) is 46.3 Å². The first-order chi connectivity index (χ1) is 39.7. The summed E-state index contributed by atoms with van der Waals surface area (Å²) in [4.78, 5) is 0. The molecule has 0 spiro atoms. The van der Waals surface area contributed by atoms with Crippen molar-refractivity contribution in [3.05, 3.63) is 11.6 Å². The topological polar surface area (TPSA) is 394 Å². The third-order valence-electron chi connectivity index (χ3n) is 21.8. The smallest absolute Gasteiger partial charge is 0.187 e. The lowest BCUT2D eigenvalue weighted by atomic mass is 9.47. The van der Waals surface area contributed by atoms with Crippen molar-refractivity contribution in [2.24, 2.45) is 46.3 Å². The van der Waals surface area contributed by atoms with E-state index in [2.05, 4.69) is 26.8 Å². The van der Waals surface area contributed by atoms with E-state index in [1.165, 1.54) is 26.3 Å². The molecular formula is C58H96O26. The SMILES string of the molecule is COC1(CCC(C)COC2OC(CO)C(O)C(O)C2O)OC2CC3C4CC=C5CC(OC6OC(COC7OC(C)C(O)C(O)C7OC7OC(C)C(O)C(O)C7OC7OC(C)C(O)C(O)C7O)C(O)C(O)C6O)CCC5(C)C4CCC3(C)C2C1C. The second kappa shape index (κ2) is 25.8. The summed E-state index contributed by atoms with van der Waals surface area (Å²) in [7, 11) is 1.72. The lowest BCUT2D eigenvalue weighted by molar-refractivity contribution is -0.391. The second-order valence-corrected chi connectivity index (χ2v) is 26.8. The minimum Gasteiger partial charge on any atom is -0.394 e. The van der Waals surface area contributed by atoms with Gasteiger partial charge in [0, 0.05) is 19.4 Å². The van der Waals surface area contributed by atoms with Crippen molar-refractivity contribution < 1.29 is 128 Å². The largest absolute Gasteiger partial charge is 0.394 e. The van der Waals surface area contributed by atoms with E-state index in [4.69, 9.17) is 56.8 Å². The molecule has 84 heavy (non-hydrogen) atoms. The average molecular weight is 1210 g/mol. The molecule has 3 saturated carbocycles. The summed E-state index contributed by atoms with van der Waals surface area (Å²) in [5.74, 6) is 0.864. The number of ether oxygens (including phenoxy) is 12. The fourth-order valence-electron chi connectivity index (χ4n) is 16.6. The molecule has 10 rings (SSSR count). The summed E-state index contributed by atoms with van der Waals surface area (Å²) in [5.41, 5.74) is 1.20. The zero-order valence-corrected chi connectivity index (χ0v) is 49.3. The Balaban J connectivity index is 0.749. The van der Waals surface area contributed by atoms with E-state index in [0.717, 1.165) is 32.1 Å². The third-order valence-corrected chi connectivity index (χ3v) is 21.8. The number of aliphatic hydroxyl groups excluding tert-OH is 14. The zero-order valence-electron chi connectivity index (χ0n) is 49.3. The molecule has 10 aliphatic rings. The number of hydrogen-bond acceptors (Lipinski definition) is 26. The van der Waals surface area contributed by atoms with Crippen LogP contribution < -0.4 is 0 Å². The number of aliphatic hydroxyl groups is 14. The maximum absolute atomic E-state index is 11.4. The monoisotopic (exact) mass is 1210 g/mol. The van der Waals surface area contributed by atoms with E-state index in [-0.39, 0.29) is 41.3 Å². The Morgan fingerprint density at radius 2 is 1.13 bits per heavy atom. The minimum atomic E-state index is -1.81. The lowest BCUT2D eigenvalue weighted by Gasteiger charge is -2.58. The van der Waals surface area contributed by atoms with Crippen molar-refractivity contribution >= 4 is 0 Å². The molecule has 0 bridgehead atoms. The second-order valence-electron chi connectivity index (χ2n) is 26.8. The molecule has 36 atom stereocenters. The van der Waals surface area contributed by atoms with Crippen LogP contribution in [-0.2, 0) is 56.8 Å². The number of rotatable bonds is 17. The van der Waals surface area contributed by atoms with Crippen LogP contribution in [0.4, 0.5) is 0 Å². The van der Waals surface area contributed by atoms with Crippen molar-refractivity contribution in [1.82, 2.24) is 0 Å². The highest BCUT2D eigenvalue weighted by molar-refractivity contribution is 5.26. The molecule has 6 aliphatic heterocycles. The van der Waals surface area contributed by atoms with Crippen molar-refractivity contribution in [3.63, 3.8) is 0 Å². The normalized spacial score (nSPS) is 55.3. The number of hydrogen-bond donors (Lipinski definition) is 14. The molecule has 0 aromatic rings. The Morgan fingerprint density at radius 3 is 1.77 bits per heavy atom. The van der Waals surface area contributed by atoms with Gasteiger partial charge in [-0.1, -0.05) is 39.3 Å². The van der Waals surface area contributed by atoms with Crippen LogP contribution in [0.5, 0.6) is 0 Å². The zero-order chi connectivity index (χ0) is 60.8. The fraction of sp³-hybridized carbons (Fsp3) is 0.966. The highest BCUT2D eigenvalue weighted by Crippen LogP contribution is 2.70. The Bertz CT molecular complexity index is 2220. The highest BCUT2D eigenvalue weighted by atomic mass is 16.8. The van der Waals surface area contributed by atoms with Crippen LogP contribution >= 0.6 is 0 Å². The number of fused-ring (bicyclic) bond motifs is 7. The van der Waals surface area contributed by atoms with Crippen LogP contribution in [0.3, 0.4) is 0 Å². The van der Waals surface area contributed by atoms with Crippen molar-refractivity contribution in [3.8, 4) is 0 Å². The average Bonchev–Trinajstić information content (AvgIpc) is 2.63. The van der Waals surface area contributed by atoms with Gasteiger partial charge >= 0.3 is 0 Å². The Hall–Kier alpha value is -1.30. The molecule has 6 saturated heterocycles. The summed E-state index contributed by atoms with van der Waals surface area (Å²) in [6, 6.07) is 0. The summed E-state index contributed by atoms with van der Waals surface area (Å²) in [6.07, 6.45) is -28.1. The predicted molar refractivity (Wildman–Crippen MR) is 285 cm³/mol. The van der Waals surface area contributed by atoms with Crippen LogP contribution in [0.15, 0.2) is 11.6 Å². The number of allylic oxidation sites excluding steroid dienone is 1. The fourth-order valence-corrected chi connectivity index (χ4v) is 16.6. The van der Waals surface area contributed by atoms with E-state index in [1.54, 1.807) is 7.11 Å². The molecule has 36 unspecified atom stereocenters. The number of methoxy groups -OCH3 is 1. The van der Waals surface area contributed by atoms with Gasteiger partial charge in [0.25, 0.3) is 0 Å². The standard InChI is InChI=1S/C58H96O26/c1-22(20-74-51-46(70)42(66)39(63)33(19-59)80-51)11-16-58(73-8)23(2)35-32(84-58)18-31-29-10-9-27-17-28(12-14-56(27,6)30(29)13-15-57(31,35)7)79-53-48(72)43(67)40(64)34(81-53)21-75-54-49(44(68)37(61)25(4)77-54)83-55-50(45(69)38(62)26(5)78-55)82-52-47(71)41(65)36(60)24(3)76-52/h9,22-26,28-55,59-72H,10-21H2,1-8H3. The molecule has 26 heteroatoms. The van der Waals surface area contributed by atoms with Gasteiger partial charge < -0.3 is 128 Å². The summed E-state index contributed by atoms with van der Waals surface area (Å²) >= 11 is 0. The molecule has 0 aromatic heterocycles. The first kappa shape index (κ1) is 65.6. The molecule has 0 amide bonds. The molecule has 484 valence electrons. The van der Waals surface area contributed by atoms with E-state index in [9.17, 15) is 71.5 Å². The van der Waals surface area contributed by atoms with Gasteiger partial charge in [-0.2, -0.15) is 0 Å². The molecular weight excluding hydrogens is 1110 g/mol. The van der Waals surface area contributed by atoms with E-state index in [0.29, 0.717) is 43.4 Å². The maximum atomic E-state index is 11.4. The summed E-state index contributed by atoms with van der Waals surface area (Å²) in [5, 5.41) is 150. The Morgan fingerprint density at radius 1 is 0.583 bits per heavy atom. The first-order valence-corrected chi connectivity index (χ1v) is 30.5. The molecule has 4 aliphatic carbocycles. The maximum Gasteiger partial charge on any atom is 0.187 e. The summed E-state index contributed by atoms with van der Waals surface area (Å²) < 4.78 is 73.1. The van der Waals surface area contributed by atoms with Gasteiger partial charge in [-0.3, -0.25) is 0 Å². The van der Waals surface area contributed by atoms with Crippen LogP contribution in [0.25, 0.3) is 0 Å². The van der Waals surface area contributed by atoms with Crippen LogP contribution in [-0.4, -0.2) is 270 Å². The van der Waals surface area contributed by atoms with Crippen LogP contribution in [0.2, 0.25) is 0 Å². The molecule has 9 fully saturated rings. The van der Waals surface area contributed by atoms with Crippen molar-refractivity contribution in [2.75, 3.05) is 26.9 Å². The van der Waals surface area contributed by atoms with Gasteiger partial charge in [0.1, 0.15) is 104 Å². The molecule has 0 aromatic carbocycles.